The molecule has 1 fully saturated rings. The van der Waals surface area contributed by atoms with Gasteiger partial charge in [-0.1, -0.05) is 11.6 Å². The Kier molecular flexibility index (Phi) is 4.69. The van der Waals surface area contributed by atoms with Gasteiger partial charge in [-0.05, 0) is 54.3 Å². The van der Waals surface area contributed by atoms with Crippen LogP contribution in [0.3, 0.4) is 0 Å². The summed E-state index contributed by atoms with van der Waals surface area (Å²) in [4.78, 5) is 26.9. The summed E-state index contributed by atoms with van der Waals surface area (Å²) in [6, 6.07) is 6.73. The van der Waals surface area contributed by atoms with E-state index in [-0.39, 0.29) is 34.9 Å². The molecular weight excluding hydrogens is 374 g/mol. The molecule has 0 spiro atoms. The Labute approximate surface area is 159 Å². The van der Waals surface area contributed by atoms with Crippen molar-refractivity contribution >= 4 is 40.2 Å². The number of thiophene rings is 1. The Bertz CT molecular complexity index is 865. The monoisotopic (exact) mass is 391 g/mol. The molecule has 1 aromatic heterocycles. The fraction of sp³-hybridized carbons (Fsp3) is 0.389. The number of amides is 1. The van der Waals surface area contributed by atoms with Gasteiger partial charge in [0.15, 0.2) is 0 Å². The molecule has 2 aromatic rings. The number of hydrogen-bond acceptors (Lipinski definition) is 5. The Morgan fingerprint density at radius 2 is 2.19 bits per heavy atom. The molecule has 1 aromatic carbocycles. The molecule has 0 radical (unpaired) electrons. The second kappa shape index (κ2) is 6.98. The molecular formula is C18H18ClN3O3S. The maximum atomic E-state index is 12.6. The summed E-state index contributed by atoms with van der Waals surface area (Å²) < 4.78 is 0. The molecule has 1 amide bonds. The van der Waals surface area contributed by atoms with E-state index >= 15 is 0 Å². The lowest BCUT2D eigenvalue weighted by molar-refractivity contribution is -0.383. The number of halogens is 1. The minimum atomic E-state index is -0.535. The van der Waals surface area contributed by atoms with Crippen LogP contribution in [0.5, 0.6) is 0 Å². The van der Waals surface area contributed by atoms with E-state index < -0.39 is 4.92 Å². The van der Waals surface area contributed by atoms with Crippen molar-refractivity contribution in [2.75, 3.05) is 18.4 Å². The highest BCUT2D eigenvalue weighted by Crippen LogP contribution is 2.48. The molecule has 2 aliphatic rings. The maximum absolute atomic E-state index is 12.6. The molecule has 26 heavy (non-hydrogen) atoms. The number of nitrogens with zero attached hydrogens (tertiary/aromatic N) is 2. The van der Waals surface area contributed by atoms with Gasteiger partial charge in [0.2, 0.25) is 5.91 Å². The van der Waals surface area contributed by atoms with E-state index in [0.717, 1.165) is 13.0 Å². The van der Waals surface area contributed by atoms with Crippen LogP contribution in [-0.4, -0.2) is 28.8 Å². The summed E-state index contributed by atoms with van der Waals surface area (Å²) in [5.74, 6) is 0.376. The zero-order valence-electron chi connectivity index (χ0n) is 14.0. The Morgan fingerprint density at radius 1 is 1.38 bits per heavy atom. The summed E-state index contributed by atoms with van der Waals surface area (Å²) in [5.41, 5.74) is 1.35. The smallest absolute Gasteiger partial charge is 0.294 e. The summed E-state index contributed by atoms with van der Waals surface area (Å²) in [6.07, 6.45) is 3.34. The first-order valence-electron chi connectivity index (χ1n) is 8.57. The van der Waals surface area contributed by atoms with Crippen molar-refractivity contribution in [3.63, 3.8) is 0 Å². The quantitative estimate of drug-likeness (QED) is 0.610. The van der Waals surface area contributed by atoms with Crippen LogP contribution in [0.1, 0.15) is 29.3 Å². The number of benzene rings is 1. The Hall–Kier alpha value is -1.96. The van der Waals surface area contributed by atoms with Gasteiger partial charge in [0.05, 0.1) is 11.5 Å². The van der Waals surface area contributed by atoms with Gasteiger partial charge in [-0.25, -0.2) is 0 Å². The highest BCUT2D eigenvalue weighted by molar-refractivity contribution is 7.10. The van der Waals surface area contributed by atoms with Crippen molar-refractivity contribution < 1.29 is 9.72 Å². The van der Waals surface area contributed by atoms with E-state index in [1.807, 2.05) is 0 Å². The van der Waals surface area contributed by atoms with Crippen LogP contribution in [0.4, 0.5) is 11.4 Å². The van der Waals surface area contributed by atoms with Gasteiger partial charge in [0.1, 0.15) is 5.69 Å². The Balaban J connectivity index is 1.49. The van der Waals surface area contributed by atoms with Crippen molar-refractivity contribution in [2.45, 2.75) is 25.3 Å². The molecule has 8 heteroatoms. The van der Waals surface area contributed by atoms with Gasteiger partial charge in [-0.15, -0.1) is 11.3 Å². The summed E-state index contributed by atoms with van der Waals surface area (Å²) >= 11 is 7.62. The molecule has 1 N–H and O–H groups in total. The topological polar surface area (TPSA) is 75.5 Å². The number of fused-ring (bicyclic) bond motifs is 1. The van der Waals surface area contributed by atoms with E-state index in [1.54, 1.807) is 11.3 Å². The van der Waals surface area contributed by atoms with Crippen LogP contribution < -0.4 is 5.32 Å². The van der Waals surface area contributed by atoms with E-state index in [1.165, 1.54) is 41.5 Å². The maximum Gasteiger partial charge on any atom is 0.294 e. The number of anilines is 1. The van der Waals surface area contributed by atoms with E-state index in [9.17, 15) is 14.9 Å². The minimum absolute atomic E-state index is 0.181. The van der Waals surface area contributed by atoms with E-state index in [0.29, 0.717) is 5.92 Å². The molecule has 136 valence electrons. The molecule has 4 rings (SSSR count). The molecule has 0 saturated heterocycles. The number of nitro groups is 1. The number of carbonyl (C=O) groups excluding carboxylic acids is 1. The van der Waals surface area contributed by atoms with Crippen molar-refractivity contribution in [1.29, 1.82) is 0 Å². The van der Waals surface area contributed by atoms with Crippen LogP contribution in [0.2, 0.25) is 5.02 Å². The lowest BCUT2D eigenvalue weighted by Gasteiger charge is -2.35. The van der Waals surface area contributed by atoms with Crippen molar-refractivity contribution in [1.82, 2.24) is 4.90 Å². The lowest BCUT2D eigenvalue weighted by Crippen LogP contribution is -2.41. The predicted octanol–water partition coefficient (Wildman–Crippen LogP) is 4.26. The SMILES string of the molecule is O=C(CN1CCc2sccc2[C@H]1C1CC1)Nc1ccc(Cl)cc1[N+](=O)[O-]. The molecule has 1 aliphatic carbocycles. The van der Waals surface area contributed by atoms with Crippen LogP contribution >= 0.6 is 22.9 Å². The second-order valence-corrected chi connectivity index (χ2v) is 8.21. The number of nitro benzene ring substituents is 1. The highest BCUT2D eigenvalue weighted by Gasteiger charge is 2.40. The number of carbonyl (C=O) groups is 1. The molecule has 1 saturated carbocycles. The van der Waals surface area contributed by atoms with Crippen LogP contribution in [-0.2, 0) is 11.2 Å². The molecule has 6 nitrogen and oxygen atoms in total. The molecule has 1 atom stereocenters. The number of nitrogens with one attached hydrogen (secondary N) is 1. The number of hydrogen-bond donors (Lipinski definition) is 1. The molecule has 1 aliphatic heterocycles. The average molecular weight is 392 g/mol. The summed E-state index contributed by atoms with van der Waals surface area (Å²) in [5, 5.41) is 16.3. The first-order chi connectivity index (χ1) is 12.5. The van der Waals surface area contributed by atoms with Gasteiger partial charge in [0, 0.05) is 28.6 Å². The van der Waals surface area contributed by atoms with Crippen molar-refractivity contribution in [2.24, 2.45) is 5.92 Å². The van der Waals surface area contributed by atoms with Crippen LogP contribution in [0.15, 0.2) is 29.6 Å². The summed E-state index contributed by atoms with van der Waals surface area (Å²) in [6.45, 7) is 1.07. The van der Waals surface area contributed by atoms with Gasteiger partial charge < -0.3 is 5.32 Å². The van der Waals surface area contributed by atoms with E-state index in [2.05, 4.69) is 21.7 Å². The zero-order valence-corrected chi connectivity index (χ0v) is 15.6. The van der Waals surface area contributed by atoms with Crippen molar-refractivity contribution in [3.05, 3.63) is 55.2 Å². The fourth-order valence-electron chi connectivity index (χ4n) is 3.68. The largest absolute Gasteiger partial charge is 0.319 e. The fourth-order valence-corrected chi connectivity index (χ4v) is 4.75. The third-order valence-electron chi connectivity index (χ3n) is 4.96. The normalized spacial score (nSPS) is 19.8. The molecule has 0 bridgehead atoms. The standard InChI is InChI=1S/C18H18ClN3O3S/c19-12-3-4-14(15(9-12)22(24)25)20-17(23)10-21-7-5-16-13(6-8-26-16)18(21)11-1-2-11/h3-4,6,8-9,11,18H,1-2,5,7,10H2,(H,20,23)/t18-/m1/s1. The van der Waals surface area contributed by atoms with Crippen LogP contribution in [0.25, 0.3) is 0 Å². The third-order valence-corrected chi connectivity index (χ3v) is 6.20. The third kappa shape index (κ3) is 3.47. The van der Waals surface area contributed by atoms with Crippen LogP contribution in [0, 0.1) is 16.0 Å². The minimum Gasteiger partial charge on any atom is -0.319 e. The lowest BCUT2D eigenvalue weighted by atomic mass is 9.96. The molecule has 2 heterocycles. The first kappa shape index (κ1) is 17.5. The van der Waals surface area contributed by atoms with Gasteiger partial charge in [0.25, 0.3) is 5.69 Å². The highest BCUT2D eigenvalue weighted by atomic mass is 35.5. The first-order valence-corrected chi connectivity index (χ1v) is 9.83. The summed E-state index contributed by atoms with van der Waals surface area (Å²) in [7, 11) is 0. The van der Waals surface area contributed by atoms with Gasteiger partial charge in [-0.2, -0.15) is 0 Å². The number of rotatable bonds is 5. The van der Waals surface area contributed by atoms with Crippen molar-refractivity contribution in [3.8, 4) is 0 Å². The van der Waals surface area contributed by atoms with Gasteiger partial charge in [-0.3, -0.25) is 19.8 Å². The molecule has 0 unspecified atom stereocenters. The second-order valence-electron chi connectivity index (χ2n) is 6.77. The van der Waals surface area contributed by atoms with E-state index in [4.69, 9.17) is 11.6 Å². The Morgan fingerprint density at radius 3 is 2.92 bits per heavy atom. The van der Waals surface area contributed by atoms with Gasteiger partial charge >= 0.3 is 0 Å². The predicted molar refractivity (Wildman–Crippen MR) is 102 cm³/mol. The zero-order chi connectivity index (χ0) is 18.3. The average Bonchev–Trinajstić information content (AvgIpc) is 3.32.